The van der Waals surface area contributed by atoms with Crippen LogP contribution in [0, 0.1) is 6.92 Å². The third-order valence-electron chi connectivity index (χ3n) is 4.34. The first kappa shape index (κ1) is 17.9. The second-order valence-electron chi connectivity index (χ2n) is 6.48. The molecular formula is C22H23NO3. The van der Waals surface area contributed by atoms with Crippen molar-refractivity contribution in [3.63, 3.8) is 0 Å². The molecule has 1 aromatic heterocycles. The summed E-state index contributed by atoms with van der Waals surface area (Å²) in [6.07, 6.45) is 1.15. The maximum Gasteiger partial charge on any atom is 0.219 e. The van der Waals surface area contributed by atoms with Crippen LogP contribution in [0.25, 0.3) is 10.9 Å². The average Bonchev–Trinajstić information content (AvgIpc) is 2.63. The second kappa shape index (κ2) is 7.56. The van der Waals surface area contributed by atoms with Crippen molar-refractivity contribution in [2.45, 2.75) is 40.2 Å². The normalized spacial score (nSPS) is 12.0. The van der Waals surface area contributed by atoms with Crippen molar-refractivity contribution in [3.05, 3.63) is 59.7 Å². The number of hydrogen-bond acceptors (Lipinski definition) is 4. The van der Waals surface area contributed by atoms with Gasteiger partial charge in [0.2, 0.25) is 5.88 Å². The fourth-order valence-corrected chi connectivity index (χ4v) is 2.62. The molecule has 0 fully saturated rings. The van der Waals surface area contributed by atoms with Gasteiger partial charge in [-0.2, -0.15) is 0 Å². The van der Waals surface area contributed by atoms with E-state index in [0.29, 0.717) is 11.4 Å². The Balaban J connectivity index is 1.82. The van der Waals surface area contributed by atoms with Gasteiger partial charge in [-0.15, -0.1) is 0 Å². The SMILES string of the molecule is CCC(C)Oc1ccc(Oc2ccc3cc(C(C)=O)ccc3n2)c(C)c1. The standard InChI is InChI=1S/C22H23NO3/c1-5-15(3)25-19-8-10-21(14(2)12-19)26-22-11-7-18-13-17(16(4)24)6-9-20(18)23-22/h6-13,15H,5H2,1-4H3. The Morgan fingerprint density at radius 2 is 1.92 bits per heavy atom. The molecule has 1 unspecified atom stereocenters. The van der Waals surface area contributed by atoms with E-state index < -0.39 is 0 Å². The molecule has 0 saturated heterocycles. The lowest BCUT2D eigenvalue weighted by Gasteiger charge is -2.14. The zero-order valence-electron chi connectivity index (χ0n) is 15.6. The summed E-state index contributed by atoms with van der Waals surface area (Å²) in [6.45, 7) is 7.69. The molecule has 0 saturated carbocycles. The van der Waals surface area contributed by atoms with E-state index in [-0.39, 0.29) is 11.9 Å². The molecule has 1 atom stereocenters. The van der Waals surface area contributed by atoms with E-state index >= 15 is 0 Å². The summed E-state index contributed by atoms with van der Waals surface area (Å²) in [5.74, 6) is 2.15. The maximum absolute atomic E-state index is 11.5. The zero-order chi connectivity index (χ0) is 18.7. The Labute approximate surface area is 153 Å². The first-order chi connectivity index (χ1) is 12.5. The fourth-order valence-electron chi connectivity index (χ4n) is 2.62. The molecule has 4 nitrogen and oxygen atoms in total. The van der Waals surface area contributed by atoms with Crippen LogP contribution in [0.5, 0.6) is 17.4 Å². The predicted molar refractivity (Wildman–Crippen MR) is 103 cm³/mol. The van der Waals surface area contributed by atoms with Gasteiger partial charge in [-0.3, -0.25) is 4.79 Å². The van der Waals surface area contributed by atoms with Crippen LogP contribution >= 0.6 is 0 Å². The van der Waals surface area contributed by atoms with Crippen molar-refractivity contribution in [1.82, 2.24) is 4.98 Å². The third-order valence-corrected chi connectivity index (χ3v) is 4.34. The summed E-state index contributed by atoms with van der Waals surface area (Å²) in [6, 6.07) is 15.0. The molecule has 0 aliphatic rings. The topological polar surface area (TPSA) is 48.4 Å². The number of fused-ring (bicyclic) bond motifs is 1. The molecule has 0 aliphatic carbocycles. The number of aryl methyl sites for hydroxylation is 1. The van der Waals surface area contributed by atoms with Crippen molar-refractivity contribution in [2.75, 3.05) is 0 Å². The largest absolute Gasteiger partial charge is 0.491 e. The molecule has 2 aromatic carbocycles. The Hall–Kier alpha value is -2.88. The Bertz CT molecular complexity index is 949. The van der Waals surface area contributed by atoms with Crippen molar-refractivity contribution >= 4 is 16.7 Å². The van der Waals surface area contributed by atoms with Crippen molar-refractivity contribution in [3.8, 4) is 17.4 Å². The number of ether oxygens (including phenoxy) is 2. The number of carbonyl (C=O) groups excluding carboxylic acids is 1. The van der Waals surface area contributed by atoms with E-state index in [4.69, 9.17) is 9.47 Å². The molecule has 0 aliphatic heterocycles. The van der Waals surface area contributed by atoms with E-state index in [1.807, 2.05) is 49.4 Å². The van der Waals surface area contributed by atoms with Gasteiger partial charge in [-0.1, -0.05) is 6.92 Å². The van der Waals surface area contributed by atoms with Crippen molar-refractivity contribution in [1.29, 1.82) is 0 Å². The molecule has 3 rings (SSSR count). The number of rotatable bonds is 6. The fraction of sp³-hybridized carbons (Fsp3) is 0.273. The minimum Gasteiger partial charge on any atom is -0.491 e. The van der Waals surface area contributed by atoms with Gasteiger partial charge in [-0.05, 0) is 75.2 Å². The van der Waals surface area contributed by atoms with Crippen LogP contribution in [0.3, 0.4) is 0 Å². The number of aromatic nitrogens is 1. The molecule has 3 aromatic rings. The molecule has 0 radical (unpaired) electrons. The summed E-state index contributed by atoms with van der Waals surface area (Å²) in [7, 11) is 0. The third kappa shape index (κ3) is 4.02. The lowest BCUT2D eigenvalue weighted by atomic mass is 10.1. The van der Waals surface area contributed by atoms with E-state index in [0.717, 1.165) is 34.4 Å². The lowest BCUT2D eigenvalue weighted by Crippen LogP contribution is -2.09. The summed E-state index contributed by atoms with van der Waals surface area (Å²) in [5.41, 5.74) is 2.46. The first-order valence-corrected chi connectivity index (χ1v) is 8.83. The number of carbonyl (C=O) groups is 1. The Morgan fingerprint density at radius 1 is 1.12 bits per heavy atom. The molecule has 0 spiro atoms. The number of Topliss-reactive ketones (excluding diaryl/α,β-unsaturated/α-hetero) is 1. The highest BCUT2D eigenvalue weighted by Crippen LogP contribution is 2.29. The molecule has 0 N–H and O–H groups in total. The summed E-state index contributed by atoms with van der Waals surface area (Å²) in [4.78, 5) is 16.0. The minimum atomic E-state index is 0.0440. The smallest absolute Gasteiger partial charge is 0.219 e. The van der Waals surface area contributed by atoms with Crippen molar-refractivity contribution < 1.29 is 14.3 Å². The number of nitrogens with zero attached hydrogens (tertiary/aromatic N) is 1. The van der Waals surface area contributed by atoms with Crippen LogP contribution in [-0.4, -0.2) is 16.9 Å². The summed E-state index contributed by atoms with van der Waals surface area (Å²) >= 11 is 0. The summed E-state index contributed by atoms with van der Waals surface area (Å²) < 4.78 is 11.8. The lowest BCUT2D eigenvalue weighted by molar-refractivity contribution is 0.101. The second-order valence-corrected chi connectivity index (χ2v) is 6.48. The highest BCUT2D eigenvalue weighted by molar-refractivity contribution is 5.97. The van der Waals surface area contributed by atoms with Gasteiger partial charge < -0.3 is 9.47 Å². The molecule has 0 amide bonds. The van der Waals surface area contributed by atoms with E-state index in [1.54, 1.807) is 13.0 Å². The number of hydrogen-bond donors (Lipinski definition) is 0. The van der Waals surface area contributed by atoms with Gasteiger partial charge >= 0.3 is 0 Å². The van der Waals surface area contributed by atoms with Crippen LogP contribution < -0.4 is 9.47 Å². The van der Waals surface area contributed by atoms with Crippen LogP contribution in [0.2, 0.25) is 0 Å². The highest BCUT2D eigenvalue weighted by Gasteiger charge is 2.08. The van der Waals surface area contributed by atoms with Gasteiger partial charge in [0.1, 0.15) is 11.5 Å². The molecule has 1 heterocycles. The highest BCUT2D eigenvalue weighted by atomic mass is 16.5. The molecular weight excluding hydrogens is 326 g/mol. The van der Waals surface area contributed by atoms with Gasteiger partial charge in [0.25, 0.3) is 0 Å². The number of ketones is 1. The summed E-state index contributed by atoms with van der Waals surface area (Å²) in [5, 5.41) is 0.916. The molecule has 26 heavy (non-hydrogen) atoms. The quantitative estimate of drug-likeness (QED) is 0.534. The zero-order valence-corrected chi connectivity index (χ0v) is 15.6. The van der Waals surface area contributed by atoms with Crippen LogP contribution in [0.15, 0.2) is 48.5 Å². The van der Waals surface area contributed by atoms with Gasteiger partial charge in [0.15, 0.2) is 5.78 Å². The van der Waals surface area contributed by atoms with Gasteiger partial charge in [0, 0.05) is 17.0 Å². The monoisotopic (exact) mass is 349 g/mol. The van der Waals surface area contributed by atoms with E-state index in [9.17, 15) is 4.79 Å². The molecule has 0 bridgehead atoms. The first-order valence-electron chi connectivity index (χ1n) is 8.83. The van der Waals surface area contributed by atoms with E-state index in [2.05, 4.69) is 18.8 Å². The van der Waals surface area contributed by atoms with Gasteiger partial charge in [0.05, 0.1) is 11.6 Å². The van der Waals surface area contributed by atoms with Crippen LogP contribution in [0.4, 0.5) is 0 Å². The number of pyridine rings is 1. The van der Waals surface area contributed by atoms with E-state index in [1.165, 1.54) is 0 Å². The average molecular weight is 349 g/mol. The maximum atomic E-state index is 11.5. The van der Waals surface area contributed by atoms with Gasteiger partial charge in [-0.25, -0.2) is 4.98 Å². The molecule has 134 valence electrons. The Kier molecular flexibility index (Phi) is 5.21. The number of benzene rings is 2. The van der Waals surface area contributed by atoms with Crippen LogP contribution in [0.1, 0.15) is 43.1 Å². The Morgan fingerprint density at radius 3 is 2.62 bits per heavy atom. The minimum absolute atomic E-state index is 0.0440. The molecule has 4 heteroatoms. The van der Waals surface area contributed by atoms with Crippen molar-refractivity contribution in [2.24, 2.45) is 0 Å². The van der Waals surface area contributed by atoms with Crippen LogP contribution in [-0.2, 0) is 0 Å². The predicted octanol–water partition coefficient (Wildman–Crippen LogP) is 5.72.